The number of carbonyl (C=O) groups is 1. The van der Waals surface area contributed by atoms with E-state index in [1.807, 2.05) is 39.8 Å². The highest BCUT2D eigenvalue weighted by Crippen LogP contribution is 2.26. The Labute approximate surface area is 150 Å². The van der Waals surface area contributed by atoms with E-state index in [-0.39, 0.29) is 11.8 Å². The molecular formula is C18H29N3O3S. The third-order valence-electron chi connectivity index (χ3n) is 4.49. The Morgan fingerprint density at radius 3 is 2.40 bits per heavy atom. The molecule has 0 aromatic heterocycles. The van der Waals surface area contributed by atoms with Crippen molar-refractivity contribution in [2.75, 3.05) is 19.6 Å². The molecule has 1 saturated heterocycles. The Bertz CT molecular complexity index is 730. The summed E-state index contributed by atoms with van der Waals surface area (Å²) in [5.41, 5.74) is 7.22. The second-order valence-electron chi connectivity index (χ2n) is 7.65. The number of nitrogens with two attached hydrogens (primary N) is 1. The molecule has 0 bridgehead atoms. The van der Waals surface area contributed by atoms with Gasteiger partial charge in [-0.05, 0) is 52.2 Å². The molecule has 1 amide bonds. The molecule has 0 unspecified atom stereocenters. The lowest BCUT2D eigenvalue weighted by molar-refractivity contribution is -0.126. The predicted molar refractivity (Wildman–Crippen MR) is 98.7 cm³/mol. The molecule has 1 aromatic carbocycles. The summed E-state index contributed by atoms with van der Waals surface area (Å²) in [6, 6.07) is 5.36. The fourth-order valence-corrected chi connectivity index (χ4v) is 4.72. The van der Waals surface area contributed by atoms with Gasteiger partial charge in [-0.1, -0.05) is 17.7 Å². The summed E-state index contributed by atoms with van der Waals surface area (Å²) in [7, 11) is -3.51. The lowest BCUT2D eigenvalue weighted by Gasteiger charge is -2.31. The molecule has 0 atom stereocenters. The zero-order valence-electron chi connectivity index (χ0n) is 15.5. The quantitative estimate of drug-likeness (QED) is 0.826. The normalized spacial score (nSPS) is 17.5. The van der Waals surface area contributed by atoms with Gasteiger partial charge in [0.25, 0.3) is 0 Å². The first-order valence-corrected chi connectivity index (χ1v) is 10.1. The van der Waals surface area contributed by atoms with Gasteiger partial charge in [-0.25, -0.2) is 8.42 Å². The molecule has 1 fully saturated rings. The van der Waals surface area contributed by atoms with Gasteiger partial charge in [0, 0.05) is 31.1 Å². The maximum atomic E-state index is 12.9. The summed E-state index contributed by atoms with van der Waals surface area (Å²) in [6.07, 6.45) is 1.06. The van der Waals surface area contributed by atoms with Crippen LogP contribution < -0.4 is 11.1 Å². The highest BCUT2D eigenvalue weighted by molar-refractivity contribution is 7.89. The molecule has 0 spiro atoms. The molecule has 3 N–H and O–H groups in total. The molecule has 1 aliphatic rings. The molecule has 0 aliphatic carbocycles. The Hall–Kier alpha value is -1.44. The minimum absolute atomic E-state index is 0.0397. The molecule has 1 heterocycles. The van der Waals surface area contributed by atoms with Crippen molar-refractivity contribution < 1.29 is 13.2 Å². The van der Waals surface area contributed by atoms with Crippen molar-refractivity contribution in [2.45, 2.75) is 51.0 Å². The van der Waals surface area contributed by atoms with Gasteiger partial charge in [0.05, 0.1) is 4.90 Å². The Balaban J connectivity index is 2.00. The zero-order valence-corrected chi connectivity index (χ0v) is 16.3. The van der Waals surface area contributed by atoms with Gasteiger partial charge in [-0.2, -0.15) is 4.31 Å². The number of amides is 1. The summed E-state index contributed by atoms with van der Waals surface area (Å²) in [6.45, 7) is 8.59. The van der Waals surface area contributed by atoms with Crippen LogP contribution in [-0.4, -0.2) is 43.8 Å². The molecule has 7 heteroatoms. The minimum Gasteiger partial charge on any atom is -0.354 e. The summed E-state index contributed by atoms with van der Waals surface area (Å²) in [4.78, 5) is 12.6. The number of piperidine rings is 1. The second kappa shape index (κ2) is 7.43. The number of hydrogen-bond acceptors (Lipinski definition) is 4. The largest absolute Gasteiger partial charge is 0.354 e. The lowest BCUT2D eigenvalue weighted by Crippen LogP contribution is -2.48. The molecule has 1 aliphatic heterocycles. The third-order valence-corrected chi connectivity index (χ3v) is 6.55. The lowest BCUT2D eigenvalue weighted by atomic mass is 9.96. The van der Waals surface area contributed by atoms with Gasteiger partial charge in [-0.3, -0.25) is 4.79 Å². The minimum atomic E-state index is -3.51. The number of sulfonamides is 1. The standard InChI is InChI=1S/C18H29N3O3S/c1-13-5-6-16(14(2)11-13)25(23,24)21-9-7-15(8-10-21)17(22)20-12-18(3,4)19/h5-6,11,15H,7-10,12,19H2,1-4H3,(H,20,22). The highest BCUT2D eigenvalue weighted by Gasteiger charge is 2.33. The van der Waals surface area contributed by atoms with E-state index in [9.17, 15) is 13.2 Å². The number of carbonyl (C=O) groups excluding carboxylic acids is 1. The van der Waals surface area contributed by atoms with Crippen molar-refractivity contribution in [3.8, 4) is 0 Å². The van der Waals surface area contributed by atoms with Crippen LogP contribution in [0.3, 0.4) is 0 Å². The Morgan fingerprint density at radius 1 is 1.28 bits per heavy atom. The van der Waals surface area contributed by atoms with Crippen LogP contribution in [0.1, 0.15) is 37.8 Å². The molecule has 0 radical (unpaired) electrons. The molecule has 2 rings (SSSR count). The van der Waals surface area contributed by atoms with E-state index < -0.39 is 15.6 Å². The number of benzene rings is 1. The first-order chi connectivity index (χ1) is 11.5. The fraction of sp³-hybridized carbons (Fsp3) is 0.611. The van der Waals surface area contributed by atoms with E-state index in [4.69, 9.17) is 5.73 Å². The van der Waals surface area contributed by atoms with Gasteiger partial charge in [-0.15, -0.1) is 0 Å². The van der Waals surface area contributed by atoms with Crippen LogP contribution >= 0.6 is 0 Å². The van der Waals surface area contributed by atoms with E-state index in [1.54, 1.807) is 6.07 Å². The molecule has 1 aromatic rings. The second-order valence-corrected chi connectivity index (χ2v) is 9.56. The van der Waals surface area contributed by atoms with E-state index in [1.165, 1.54) is 4.31 Å². The fourth-order valence-electron chi connectivity index (χ4n) is 3.05. The Kier molecular flexibility index (Phi) is 5.91. The maximum absolute atomic E-state index is 12.9. The molecule has 0 saturated carbocycles. The summed E-state index contributed by atoms with van der Waals surface area (Å²) < 4.78 is 27.2. The summed E-state index contributed by atoms with van der Waals surface area (Å²) >= 11 is 0. The van der Waals surface area contributed by atoms with E-state index in [2.05, 4.69) is 5.32 Å². The van der Waals surface area contributed by atoms with Crippen LogP contribution in [0.5, 0.6) is 0 Å². The van der Waals surface area contributed by atoms with E-state index in [0.29, 0.717) is 37.4 Å². The number of aryl methyl sites for hydroxylation is 2. The van der Waals surface area contributed by atoms with Crippen LogP contribution in [0.15, 0.2) is 23.1 Å². The maximum Gasteiger partial charge on any atom is 0.243 e. The molecule has 140 valence electrons. The number of nitrogens with one attached hydrogen (secondary N) is 1. The Morgan fingerprint density at radius 2 is 1.88 bits per heavy atom. The van der Waals surface area contributed by atoms with Crippen molar-refractivity contribution in [1.82, 2.24) is 9.62 Å². The number of rotatable bonds is 5. The van der Waals surface area contributed by atoms with Crippen LogP contribution in [0.25, 0.3) is 0 Å². The molecule has 25 heavy (non-hydrogen) atoms. The summed E-state index contributed by atoms with van der Waals surface area (Å²) in [5, 5.41) is 2.86. The zero-order chi connectivity index (χ0) is 18.8. The first-order valence-electron chi connectivity index (χ1n) is 8.65. The monoisotopic (exact) mass is 367 g/mol. The van der Waals surface area contributed by atoms with Gasteiger partial charge in [0.2, 0.25) is 15.9 Å². The van der Waals surface area contributed by atoms with Crippen molar-refractivity contribution in [2.24, 2.45) is 11.7 Å². The van der Waals surface area contributed by atoms with Gasteiger partial charge in [0.1, 0.15) is 0 Å². The molecular weight excluding hydrogens is 338 g/mol. The average molecular weight is 368 g/mol. The highest BCUT2D eigenvalue weighted by atomic mass is 32.2. The van der Waals surface area contributed by atoms with E-state index >= 15 is 0 Å². The van der Waals surface area contributed by atoms with Crippen molar-refractivity contribution in [3.63, 3.8) is 0 Å². The topological polar surface area (TPSA) is 92.5 Å². The number of hydrogen-bond donors (Lipinski definition) is 2. The van der Waals surface area contributed by atoms with Crippen LogP contribution in [0, 0.1) is 19.8 Å². The number of nitrogens with zero attached hydrogens (tertiary/aromatic N) is 1. The smallest absolute Gasteiger partial charge is 0.243 e. The van der Waals surface area contributed by atoms with Gasteiger partial charge < -0.3 is 11.1 Å². The van der Waals surface area contributed by atoms with Crippen molar-refractivity contribution in [3.05, 3.63) is 29.3 Å². The van der Waals surface area contributed by atoms with Crippen LogP contribution in [0.4, 0.5) is 0 Å². The van der Waals surface area contributed by atoms with E-state index in [0.717, 1.165) is 11.1 Å². The van der Waals surface area contributed by atoms with Crippen LogP contribution in [-0.2, 0) is 14.8 Å². The molecule has 6 nitrogen and oxygen atoms in total. The predicted octanol–water partition coefficient (Wildman–Crippen LogP) is 1.56. The third kappa shape index (κ3) is 5.03. The SMILES string of the molecule is Cc1ccc(S(=O)(=O)N2CCC(C(=O)NCC(C)(C)N)CC2)c(C)c1. The average Bonchev–Trinajstić information content (AvgIpc) is 2.51. The first kappa shape index (κ1) is 19.9. The van der Waals surface area contributed by atoms with Crippen molar-refractivity contribution >= 4 is 15.9 Å². The van der Waals surface area contributed by atoms with Crippen molar-refractivity contribution in [1.29, 1.82) is 0 Å². The van der Waals surface area contributed by atoms with Gasteiger partial charge >= 0.3 is 0 Å². The van der Waals surface area contributed by atoms with Crippen LogP contribution in [0.2, 0.25) is 0 Å². The summed E-state index contributed by atoms with van der Waals surface area (Å²) in [5.74, 6) is -0.199. The van der Waals surface area contributed by atoms with Gasteiger partial charge in [0.15, 0.2) is 0 Å².